The van der Waals surface area contributed by atoms with Gasteiger partial charge in [-0.05, 0) is 29.8 Å². The molecule has 0 saturated carbocycles. The summed E-state index contributed by atoms with van der Waals surface area (Å²) in [4.78, 5) is 11.6. The third-order valence-corrected chi connectivity index (χ3v) is 3.86. The van der Waals surface area contributed by atoms with Crippen LogP contribution in [-0.2, 0) is 10.9 Å². The van der Waals surface area contributed by atoms with Gasteiger partial charge in [0.25, 0.3) is 0 Å². The van der Waals surface area contributed by atoms with Crippen LogP contribution in [0.2, 0.25) is 0 Å². The number of alkyl halides is 3. The van der Waals surface area contributed by atoms with Gasteiger partial charge >= 0.3 is 12.3 Å². The van der Waals surface area contributed by atoms with Gasteiger partial charge < -0.3 is 10.1 Å². The molecule has 0 bridgehead atoms. The fourth-order valence-corrected chi connectivity index (χ4v) is 2.64. The lowest BCUT2D eigenvalue weighted by molar-refractivity contribution is -0.137. The van der Waals surface area contributed by atoms with Crippen LogP contribution < -0.4 is 10.6 Å². The Morgan fingerprint density at radius 1 is 1.16 bits per heavy atom. The van der Waals surface area contributed by atoms with Crippen molar-refractivity contribution in [1.82, 2.24) is 5.32 Å². The van der Waals surface area contributed by atoms with E-state index in [0.29, 0.717) is 5.69 Å². The summed E-state index contributed by atoms with van der Waals surface area (Å²) in [7, 11) is 1.19. The number of hydrogen-bond donors (Lipinski definition) is 2. The third-order valence-electron chi connectivity index (χ3n) is 3.86. The molecular weight excluding hydrogens is 333 g/mol. The summed E-state index contributed by atoms with van der Waals surface area (Å²) >= 11 is 0. The highest BCUT2D eigenvalue weighted by Gasteiger charge is 2.32. The van der Waals surface area contributed by atoms with Crippen molar-refractivity contribution in [3.63, 3.8) is 0 Å². The number of anilines is 1. The van der Waals surface area contributed by atoms with Gasteiger partial charge in [0.1, 0.15) is 0 Å². The number of fused-ring (bicyclic) bond motifs is 1. The van der Waals surface area contributed by atoms with E-state index in [2.05, 4.69) is 15.4 Å². The van der Waals surface area contributed by atoms with Gasteiger partial charge in [-0.3, -0.25) is 5.32 Å². The molecule has 7 heteroatoms. The van der Waals surface area contributed by atoms with Crippen LogP contribution in [-0.4, -0.2) is 13.2 Å². The maximum atomic E-state index is 13.0. The number of ether oxygens (including phenoxy) is 1. The second kappa shape index (κ2) is 6.51. The standard InChI is InChI=1S/C18H15F3N2O2/c1-25-17(24)23-16-10-15(11-5-3-2-4-6-11)22-14-8-7-12(9-13(14)16)18(19,20)21/h2-10,15,22H,1H3,(H,23,24)/t15-/m1/s1. The van der Waals surface area contributed by atoms with Crippen molar-refractivity contribution >= 4 is 17.5 Å². The molecule has 2 aromatic rings. The summed E-state index contributed by atoms with van der Waals surface area (Å²) < 4.78 is 43.6. The van der Waals surface area contributed by atoms with E-state index in [4.69, 9.17) is 0 Å². The van der Waals surface area contributed by atoms with Crippen molar-refractivity contribution in [1.29, 1.82) is 0 Å². The number of carbonyl (C=O) groups excluding carboxylic acids is 1. The first-order chi connectivity index (χ1) is 11.9. The monoisotopic (exact) mass is 348 g/mol. The Labute approximate surface area is 142 Å². The van der Waals surface area contributed by atoms with Crippen LogP contribution in [0.3, 0.4) is 0 Å². The largest absolute Gasteiger partial charge is 0.453 e. The average molecular weight is 348 g/mol. The van der Waals surface area contributed by atoms with E-state index in [9.17, 15) is 18.0 Å². The molecule has 1 atom stereocenters. The number of hydrogen-bond acceptors (Lipinski definition) is 3. The van der Waals surface area contributed by atoms with E-state index in [1.807, 2.05) is 30.3 Å². The van der Waals surface area contributed by atoms with Gasteiger partial charge in [0.2, 0.25) is 0 Å². The zero-order chi connectivity index (χ0) is 18.0. The van der Waals surface area contributed by atoms with E-state index in [-0.39, 0.29) is 17.3 Å². The number of amides is 1. The van der Waals surface area contributed by atoms with E-state index in [0.717, 1.165) is 17.7 Å². The lowest BCUT2D eigenvalue weighted by Gasteiger charge is -2.27. The summed E-state index contributed by atoms with van der Waals surface area (Å²) in [6, 6.07) is 12.4. The highest BCUT2D eigenvalue weighted by molar-refractivity contribution is 5.88. The summed E-state index contributed by atoms with van der Waals surface area (Å²) in [6.45, 7) is 0. The van der Waals surface area contributed by atoms with Crippen LogP contribution >= 0.6 is 0 Å². The van der Waals surface area contributed by atoms with E-state index in [1.165, 1.54) is 13.2 Å². The van der Waals surface area contributed by atoms with Crippen molar-refractivity contribution < 1.29 is 22.7 Å². The molecule has 0 aromatic heterocycles. The van der Waals surface area contributed by atoms with Gasteiger partial charge in [-0.2, -0.15) is 13.2 Å². The molecule has 1 amide bonds. The van der Waals surface area contributed by atoms with Crippen LogP contribution in [0, 0.1) is 0 Å². The number of alkyl carbamates (subject to hydrolysis) is 1. The lowest BCUT2D eigenvalue weighted by atomic mass is 9.96. The number of nitrogens with one attached hydrogen (secondary N) is 2. The zero-order valence-corrected chi connectivity index (χ0v) is 13.2. The predicted molar refractivity (Wildman–Crippen MR) is 87.8 cm³/mol. The van der Waals surface area contributed by atoms with E-state index in [1.54, 1.807) is 6.08 Å². The summed E-state index contributed by atoms with van der Waals surface area (Å²) in [5, 5.41) is 5.67. The van der Waals surface area contributed by atoms with Gasteiger partial charge in [0.15, 0.2) is 0 Å². The minimum absolute atomic E-state index is 0.257. The van der Waals surface area contributed by atoms with Gasteiger partial charge in [0, 0.05) is 11.3 Å². The molecule has 0 fully saturated rings. The second-order valence-electron chi connectivity index (χ2n) is 5.49. The van der Waals surface area contributed by atoms with Gasteiger partial charge in [0.05, 0.1) is 24.4 Å². The number of halogens is 3. The van der Waals surface area contributed by atoms with Gasteiger partial charge in [-0.15, -0.1) is 0 Å². The molecule has 1 heterocycles. The highest BCUT2D eigenvalue weighted by Crippen LogP contribution is 2.38. The molecule has 0 unspecified atom stereocenters. The molecule has 0 aliphatic carbocycles. The van der Waals surface area contributed by atoms with Crippen molar-refractivity contribution in [3.8, 4) is 0 Å². The van der Waals surface area contributed by atoms with Crippen LogP contribution in [0.1, 0.15) is 22.7 Å². The molecule has 0 spiro atoms. The minimum Gasteiger partial charge on any atom is -0.453 e. The number of methoxy groups -OCH3 is 1. The molecule has 3 rings (SSSR count). The second-order valence-corrected chi connectivity index (χ2v) is 5.49. The maximum Gasteiger partial charge on any atom is 0.416 e. The lowest BCUT2D eigenvalue weighted by Crippen LogP contribution is -2.26. The molecule has 0 radical (unpaired) electrons. The van der Waals surface area contributed by atoms with Crippen molar-refractivity contribution in [2.24, 2.45) is 0 Å². The molecule has 2 N–H and O–H groups in total. The average Bonchev–Trinajstić information content (AvgIpc) is 2.61. The first-order valence-electron chi connectivity index (χ1n) is 7.48. The Balaban J connectivity index is 2.05. The predicted octanol–water partition coefficient (Wildman–Crippen LogP) is 4.57. The van der Waals surface area contributed by atoms with E-state index < -0.39 is 17.8 Å². The summed E-state index contributed by atoms with van der Waals surface area (Å²) in [6.07, 6.45) is -3.56. The zero-order valence-electron chi connectivity index (χ0n) is 13.2. The van der Waals surface area contributed by atoms with Gasteiger partial charge in [-0.1, -0.05) is 30.3 Å². The van der Waals surface area contributed by atoms with Crippen molar-refractivity contribution in [3.05, 3.63) is 71.3 Å². The first-order valence-corrected chi connectivity index (χ1v) is 7.48. The quantitative estimate of drug-likeness (QED) is 0.836. The molecule has 25 heavy (non-hydrogen) atoms. The van der Waals surface area contributed by atoms with Crippen LogP contribution in [0.15, 0.2) is 54.6 Å². The van der Waals surface area contributed by atoms with Crippen LogP contribution in [0.4, 0.5) is 23.7 Å². The number of carbonyl (C=O) groups is 1. The van der Waals surface area contributed by atoms with Crippen LogP contribution in [0.5, 0.6) is 0 Å². The summed E-state index contributed by atoms with van der Waals surface area (Å²) in [5.74, 6) is 0. The molecule has 0 saturated heterocycles. The Hall–Kier alpha value is -2.96. The highest BCUT2D eigenvalue weighted by atomic mass is 19.4. The molecule has 1 aliphatic rings. The van der Waals surface area contributed by atoms with Crippen molar-refractivity contribution in [2.45, 2.75) is 12.2 Å². The number of benzene rings is 2. The Morgan fingerprint density at radius 3 is 2.52 bits per heavy atom. The fraction of sp³-hybridized carbons (Fsp3) is 0.167. The van der Waals surface area contributed by atoms with Crippen LogP contribution in [0.25, 0.3) is 5.70 Å². The Kier molecular flexibility index (Phi) is 4.39. The maximum absolute atomic E-state index is 13.0. The molecule has 1 aliphatic heterocycles. The fourth-order valence-electron chi connectivity index (χ4n) is 2.64. The minimum atomic E-state index is -4.47. The SMILES string of the molecule is COC(=O)NC1=C[C@H](c2ccccc2)Nc2ccc(C(F)(F)F)cc21. The molecule has 4 nitrogen and oxygen atoms in total. The first kappa shape index (κ1) is 16.9. The molecular formula is C18H15F3N2O2. The smallest absolute Gasteiger partial charge is 0.416 e. The Morgan fingerprint density at radius 2 is 1.88 bits per heavy atom. The number of rotatable bonds is 2. The van der Waals surface area contributed by atoms with E-state index >= 15 is 0 Å². The molecule has 130 valence electrons. The third kappa shape index (κ3) is 3.60. The topological polar surface area (TPSA) is 50.4 Å². The Bertz CT molecular complexity index is 817. The summed E-state index contributed by atoms with van der Waals surface area (Å²) in [5.41, 5.74) is 1.14. The van der Waals surface area contributed by atoms with Gasteiger partial charge in [-0.25, -0.2) is 4.79 Å². The normalized spacial score (nSPS) is 16.3. The molecule has 2 aromatic carbocycles. The van der Waals surface area contributed by atoms with Crippen molar-refractivity contribution in [2.75, 3.05) is 12.4 Å².